The fraction of sp³-hybridized carbons (Fsp3) is 0. The molecule has 0 saturated carbocycles. The van der Waals surface area contributed by atoms with Crippen molar-refractivity contribution in [2.75, 3.05) is 0 Å². The van der Waals surface area contributed by atoms with Crippen LogP contribution in [0.4, 0.5) is 0 Å². The van der Waals surface area contributed by atoms with Gasteiger partial charge in [0.1, 0.15) is 11.2 Å². The first-order valence-corrected chi connectivity index (χ1v) is 42.6. The molecule has 0 atom stereocenters. The van der Waals surface area contributed by atoms with E-state index in [1.54, 1.807) is 22.7 Å². The van der Waals surface area contributed by atoms with E-state index in [-0.39, 0.29) is 0 Å². The predicted octanol–water partition coefficient (Wildman–Crippen LogP) is 30.1. The molecule has 0 saturated heterocycles. The number of hydrogen-bond acceptors (Lipinski definition) is 10. The van der Waals surface area contributed by atoms with Gasteiger partial charge in [0, 0.05) is 117 Å². The Balaban J connectivity index is 0.615. The molecule has 26 rings (SSSR count). The average Bonchev–Trinajstić information content (AvgIpc) is 1.55. The van der Waals surface area contributed by atoms with Crippen molar-refractivity contribution in [1.82, 2.24) is 39.0 Å². The van der Waals surface area contributed by atoms with Gasteiger partial charge < -0.3 is 18.0 Å². The molecule has 0 bridgehead atoms. The molecule has 0 aliphatic rings. The van der Waals surface area contributed by atoms with Crippen molar-refractivity contribution >= 4 is 172 Å². The van der Waals surface area contributed by atoms with Gasteiger partial charge in [-0.1, -0.05) is 273 Å². The summed E-state index contributed by atoms with van der Waals surface area (Å²) in [6.45, 7) is 0. The summed E-state index contributed by atoms with van der Waals surface area (Å²) in [6.07, 6.45) is 0. The summed E-state index contributed by atoms with van der Waals surface area (Å²) in [5.74, 6) is 3.38. The number of aromatic nitrogens is 8. The van der Waals surface area contributed by atoms with E-state index >= 15 is 0 Å². The zero-order valence-electron chi connectivity index (χ0n) is 65.0. The van der Waals surface area contributed by atoms with E-state index in [0.29, 0.717) is 34.9 Å². The maximum atomic E-state index is 7.29. The fourth-order valence-corrected chi connectivity index (χ4v) is 21.3. The number of furan rings is 2. The number of para-hydroxylation sites is 3. The molecule has 0 fully saturated rings. The van der Waals surface area contributed by atoms with Crippen molar-refractivity contribution in [2.45, 2.75) is 0 Å². The SMILES string of the molecule is c1ccc(-c2ccc(-c3nc(-c4cccc5sc6ccccc6c45)nc(-c4ccc(-n5c6cc7ccccc7cc6c6c(-c7ccc(-c8cccc(-c9nc(-c%10cccc%11sc%12ccccc%12c%10%11)nc(-c%10ccc(-n%11c%12ccccc%12c%12cc%13ccccc%13cc%12%11)c%11oc%12ccccc%12c%10%11)n9)c8)cc7)cccc65)c5oc6ccccc6c45)n3)cc2)cc1. The summed E-state index contributed by atoms with van der Waals surface area (Å²) in [7, 11) is 0. The highest BCUT2D eigenvalue weighted by atomic mass is 32.1. The van der Waals surface area contributed by atoms with Crippen molar-refractivity contribution in [3.63, 3.8) is 0 Å². The van der Waals surface area contributed by atoms with Gasteiger partial charge in [-0.15, -0.1) is 22.7 Å². The van der Waals surface area contributed by atoms with E-state index in [2.05, 4.69) is 367 Å². The number of hydrogen-bond donors (Lipinski definition) is 0. The van der Waals surface area contributed by atoms with Gasteiger partial charge in [-0.05, 0) is 158 Å². The lowest BCUT2D eigenvalue weighted by molar-refractivity contribution is 0.666. The van der Waals surface area contributed by atoms with Crippen LogP contribution in [0, 0.1) is 0 Å². The maximum absolute atomic E-state index is 7.29. The van der Waals surface area contributed by atoms with Gasteiger partial charge in [0.2, 0.25) is 0 Å². The largest absolute Gasteiger partial charge is 0.454 e. The monoisotopic (exact) mass is 1590 g/mol. The minimum atomic E-state index is 0.539. The van der Waals surface area contributed by atoms with E-state index in [1.807, 2.05) is 18.2 Å². The first-order valence-electron chi connectivity index (χ1n) is 40.9. The van der Waals surface area contributed by atoms with Gasteiger partial charge in [0.15, 0.2) is 46.1 Å². The smallest absolute Gasteiger partial charge is 0.164 e. The van der Waals surface area contributed by atoms with Crippen molar-refractivity contribution in [3.8, 4) is 113 Å². The van der Waals surface area contributed by atoms with E-state index in [0.717, 1.165) is 186 Å². The summed E-state index contributed by atoms with van der Waals surface area (Å²) in [5.41, 5.74) is 20.9. The van der Waals surface area contributed by atoms with Gasteiger partial charge >= 0.3 is 0 Å². The maximum Gasteiger partial charge on any atom is 0.164 e. The number of benzene rings is 18. The Morgan fingerprint density at radius 2 is 0.574 bits per heavy atom. The molecule has 26 aromatic rings. The molecule has 10 nitrogen and oxygen atoms in total. The van der Waals surface area contributed by atoms with Crippen LogP contribution in [0.5, 0.6) is 0 Å². The summed E-state index contributed by atoms with van der Waals surface area (Å²) in [4.78, 5) is 33.2. The van der Waals surface area contributed by atoms with Crippen LogP contribution in [0.15, 0.2) is 385 Å². The van der Waals surface area contributed by atoms with Crippen LogP contribution in [-0.4, -0.2) is 39.0 Å². The second-order valence-electron chi connectivity index (χ2n) is 31.5. The minimum absolute atomic E-state index is 0.539. The standard InChI is InChI=1S/C110H62N8O2S2/c1-2-22-63(23-3-1)64-48-52-67(53-49-64)105-111-107(80-36-20-44-96-99(80)78-33-11-16-42-94(78)121-96)115-109(112-105)82-55-57-89(104-102(82)77-32-10-15-41-93(77)120-104)118-87-39-19-35-74(98(87)85-60-70-25-5-7-27-72(70)62-91(85)118)66-50-46-65(47-51-66)68-28-18-29-73(58-68)106-113-108(81-37-21-45-97-100(81)79-34-12-17-43-95(79)122-97)116-110(114-106)83-54-56-88(103-101(83)76-31-9-14-40-92(76)119-103)117-86-38-13-8-30-75(86)84-59-69-24-4-6-26-71(69)61-90(84)117/h1-62H. The molecule has 0 amide bonds. The number of thiophene rings is 2. The molecule has 0 radical (unpaired) electrons. The minimum Gasteiger partial charge on any atom is -0.454 e. The van der Waals surface area contributed by atoms with E-state index in [9.17, 15) is 0 Å². The molecule has 0 N–H and O–H groups in total. The van der Waals surface area contributed by atoms with Gasteiger partial charge in [0.05, 0.1) is 33.4 Å². The molecule has 18 aromatic carbocycles. The molecule has 0 spiro atoms. The summed E-state index contributed by atoms with van der Waals surface area (Å²) in [5, 5.41) is 17.6. The fourth-order valence-electron chi connectivity index (χ4n) is 19.1. The third kappa shape index (κ3) is 10.6. The normalized spacial score (nSPS) is 12.1. The molecular formula is C110H62N8O2S2. The summed E-state index contributed by atoms with van der Waals surface area (Å²) >= 11 is 3.57. The van der Waals surface area contributed by atoms with Crippen LogP contribution < -0.4 is 0 Å². The van der Waals surface area contributed by atoms with Crippen molar-refractivity contribution in [2.24, 2.45) is 0 Å². The lowest BCUT2D eigenvalue weighted by atomic mass is 9.96. The molecule has 0 aliphatic carbocycles. The quantitative estimate of drug-likeness (QED) is 0.126. The average molecular weight is 1590 g/mol. The zero-order chi connectivity index (χ0) is 79.8. The van der Waals surface area contributed by atoms with Crippen molar-refractivity contribution in [3.05, 3.63) is 376 Å². The van der Waals surface area contributed by atoms with Gasteiger partial charge in [-0.25, -0.2) is 29.9 Å². The molecule has 0 aliphatic heterocycles. The van der Waals surface area contributed by atoms with Crippen LogP contribution >= 0.6 is 22.7 Å². The second kappa shape index (κ2) is 26.8. The second-order valence-corrected chi connectivity index (χ2v) is 33.6. The highest BCUT2D eigenvalue weighted by Crippen LogP contribution is 2.50. The lowest BCUT2D eigenvalue weighted by Crippen LogP contribution is -2.02. The highest BCUT2D eigenvalue weighted by Gasteiger charge is 2.29. The zero-order valence-corrected chi connectivity index (χ0v) is 66.6. The van der Waals surface area contributed by atoms with E-state index in [4.69, 9.17) is 38.7 Å². The topological polar surface area (TPSA) is 113 Å². The molecule has 8 aromatic heterocycles. The van der Waals surface area contributed by atoms with Crippen LogP contribution in [0.2, 0.25) is 0 Å². The van der Waals surface area contributed by atoms with E-state index in [1.165, 1.54) is 41.0 Å². The lowest BCUT2D eigenvalue weighted by Gasteiger charge is -2.13. The van der Waals surface area contributed by atoms with E-state index < -0.39 is 0 Å². The molecule has 0 unspecified atom stereocenters. The number of fused-ring (bicyclic) bond motifs is 20. The van der Waals surface area contributed by atoms with Crippen molar-refractivity contribution < 1.29 is 8.83 Å². The molecular weight excluding hydrogens is 1530 g/mol. The summed E-state index contributed by atoms with van der Waals surface area (Å²) in [6, 6.07) is 134. The molecule has 12 heteroatoms. The Hall–Kier alpha value is -15.9. The Bertz CT molecular complexity index is 8920. The first kappa shape index (κ1) is 68.2. The highest BCUT2D eigenvalue weighted by molar-refractivity contribution is 7.26. The van der Waals surface area contributed by atoms with Crippen molar-refractivity contribution in [1.29, 1.82) is 0 Å². The Morgan fingerprint density at radius 3 is 1.16 bits per heavy atom. The molecule has 8 heterocycles. The Labute approximate surface area is 704 Å². The number of rotatable bonds is 11. The van der Waals surface area contributed by atoms with Gasteiger partial charge in [-0.3, -0.25) is 0 Å². The third-order valence-corrected chi connectivity index (χ3v) is 26.9. The number of nitrogens with zero attached hydrogens (tertiary/aromatic N) is 8. The predicted molar refractivity (Wildman–Crippen MR) is 506 cm³/mol. The van der Waals surface area contributed by atoms with Gasteiger partial charge in [-0.2, -0.15) is 0 Å². The third-order valence-electron chi connectivity index (χ3n) is 24.6. The van der Waals surface area contributed by atoms with Crippen LogP contribution in [0.3, 0.4) is 0 Å². The van der Waals surface area contributed by atoms with Crippen LogP contribution in [0.1, 0.15) is 0 Å². The van der Waals surface area contributed by atoms with Crippen LogP contribution in [0.25, 0.3) is 262 Å². The molecule has 122 heavy (non-hydrogen) atoms. The Kier molecular flexibility index (Phi) is 15.0. The van der Waals surface area contributed by atoms with Gasteiger partial charge in [0.25, 0.3) is 0 Å². The molecule has 566 valence electrons. The Morgan fingerprint density at radius 1 is 0.197 bits per heavy atom. The summed E-state index contributed by atoms with van der Waals surface area (Å²) < 4.78 is 23.9. The first-order chi connectivity index (χ1) is 60.4. The van der Waals surface area contributed by atoms with Crippen LogP contribution in [-0.2, 0) is 0 Å².